The number of hydrogen-bond donors (Lipinski definition) is 2. The van der Waals surface area contributed by atoms with E-state index in [0.29, 0.717) is 32.6 Å². The van der Waals surface area contributed by atoms with E-state index in [0.717, 1.165) is 0 Å². The van der Waals surface area contributed by atoms with Crippen molar-refractivity contribution in [2.24, 2.45) is 5.73 Å². The fourth-order valence-corrected chi connectivity index (χ4v) is 4.32. The highest BCUT2D eigenvalue weighted by Crippen LogP contribution is 2.20. The number of carbonyl (C=O) groups excluding carboxylic acids is 1. The van der Waals surface area contributed by atoms with Crippen LogP contribution < -0.4 is 11.1 Å². The third kappa shape index (κ3) is 2.19. The standard InChI is InChI=1S/C10H20N4O3S/c1-2-9(5-11)18(16,17)13-3-4-14-8(7-13)6-12-10(14)15/h8-9H,2-7,11H2,1H3,(H,12,15). The molecule has 2 aliphatic rings. The van der Waals surface area contributed by atoms with Crippen LogP contribution in [0.25, 0.3) is 0 Å². The molecule has 0 aromatic heterocycles. The average Bonchev–Trinajstić information content (AvgIpc) is 2.72. The van der Waals surface area contributed by atoms with E-state index in [9.17, 15) is 13.2 Å². The molecule has 0 bridgehead atoms. The minimum Gasteiger partial charge on any atom is -0.336 e. The van der Waals surface area contributed by atoms with Crippen LogP contribution in [-0.4, -0.2) is 67.7 Å². The van der Waals surface area contributed by atoms with Crippen molar-refractivity contribution in [3.8, 4) is 0 Å². The van der Waals surface area contributed by atoms with Crippen LogP contribution in [-0.2, 0) is 10.0 Å². The average molecular weight is 276 g/mol. The Hall–Kier alpha value is -0.860. The molecule has 18 heavy (non-hydrogen) atoms. The highest BCUT2D eigenvalue weighted by molar-refractivity contribution is 7.89. The van der Waals surface area contributed by atoms with E-state index in [1.807, 2.05) is 6.92 Å². The number of piperazine rings is 1. The Bertz CT molecular complexity index is 421. The zero-order valence-corrected chi connectivity index (χ0v) is 11.3. The van der Waals surface area contributed by atoms with Crippen molar-refractivity contribution in [2.75, 3.05) is 32.7 Å². The Morgan fingerprint density at radius 3 is 2.83 bits per heavy atom. The number of nitrogens with one attached hydrogen (secondary N) is 1. The number of carbonyl (C=O) groups is 1. The van der Waals surface area contributed by atoms with Gasteiger partial charge in [0.1, 0.15) is 0 Å². The second-order valence-electron chi connectivity index (χ2n) is 4.70. The Morgan fingerprint density at radius 2 is 2.22 bits per heavy atom. The maximum atomic E-state index is 12.3. The minimum atomic E-state index is -3.34. The Morgan fingerprint density at radius 1 is 1.50 bits per heavy atom. The number of urea groups is 1. The summed E-state index contributed by atoms with van der Waals surface area (Å²) < 4.78 is 26.2. The van der Waals surface area contributed by atoms with Gasteiger partial charge in [-0.1, -0.05) is 6.92 Å². The lowest BCUT2D eigenvalue weighted by atomic mass is 10.2. The molecule has 0 saturated carbocycles. The van der Waals surface area contributed by atoms with E-state index in [1.54, 1.807) is 4.90 Å². The molecule has 2 unspecified atom stereocenters. The van der Waals surface area contributed by atoms with Gasteiger partial charge in [-0.15, -0.1) is 0 Å². The molecule has 104 valence electrons. The Labute approximate surface area is 107 Å². The highest BCUT2D eigenvalue weighted by atomic mass is 32.2. The van der Waals surface area contributed by atoms with Crippen LogP contribution in [0.4, 0.5) is 4.79 Å². The van der Waals surface area contributed by atoms with Gasteiger partial charge in [0, 0.05) is 32.7 Å². The molecule has 2 heterocycles. The quantitative estimate of drug-likeness (QED) is 0.671. The van der Waals surface area contributed by atoms with Crippen LogP contribution in [0.2, 0.25) is 0 Å². The van der Waals surface area contributed by atoms with Crippen LogP contribution in [0.5, 0.6) is 0 Å². The number of rotatable bonds is 4. The van der Waals surface area contributed by atoms with Crippen molar-refractivity contribution in [1.29, 1.82) is 0 Å². The maximum absolute atomic E-state index is 12.3. The van der Waals surface area contributed by atoms with Gasteiger partial charge < -0.3 is 16.0 Å². The molecule has 7 nitrogen and oxygen atoms in total. The van der Waals surface area contributed by atoms with Crippen LogP contribution in [0, 0.1) is 0 Å². The molecular formula is C10H20N4O3S. The predicted octanol–water partition coefficient (Wildman–Crippen LogP) is -1.24. The third-order valence-electron chi connectivity index (χ3n) is 3.69. The molecule has 3 N–H and O–H groups in total. The molecule has 0 aromatic rings. The SMILES string of the molecule is CCC(CN)S(=O)(=O)N1CCN2C(=O)NCC2C1. The summed E-state index contributed by atoms with van der Waals surface area (Å²) in [7, 11) is -3.34. The fourth-order valence-electron chi connectivity index (χ4n) is 2.52. The monoisotopic (exact) mass is 276 g/mol. The van der Waals surface area contributed by atoms with Crippen molar-refractivity contribution in [3.05, 3.63) is 0 Å². The van der Waals surface area contributed by atoms with Crippen LogP contribution >= 0.6 is 0 Å². The van der Waals surface area contributed by atoms with E-state index in [1.165, 1.54) is 4.31 Å². The van der Waals surface area contributed by atoms with Gasteiger partial charge in [-0.05, 0) is 6.42 Å². The second-order valence-corrected chi connectivity index (χ2v) is 6.92. The first-order valence-electron chi connectivity index (χ1n) is 6.24. The first-order valence-corrected chi connectivity index (χ1v) is 7.74. The Kier molecular flexibility index (Phi) is 3.79. The van der Waals surface area contributed by atoms with Gasteiger partial charge in [-0.25, -0.2) is 13.2 Å². The molecule has 2 rings (SSSR count). The van der Waals surface area contributed by atoms with Gasteiger partial charge in [0.2, 0.25) is 10.0 Å². The normalized spacial score (nSPS) is 26.9. The van der Waals surface area contributed by atoms with Crippen molar-refractivity contribution < 1.29 is 13.2 Å². The number of nitrogens with two attached hydrogens (primary N) is 1. The highest BCUT2D eigenvalue weighted by Gasteiger charge is 2.40. The summed E-state index contributed by atoms with van der Waals surface area (Å²) in [6, 6.07) is -0.140. The van der Waals surface area contributed by atoms with E-state index < -0.39 is 15.3 Å². The molecule has 0 radical (unpaired) electrons. The number of amides is 2. The number of fused-ring (bicyclic) bond motifs is 1. The molecule has 2 aliphatic heterocycles. The number of nitrogens with zero attached hydrogens (tertiary/aromatic N) is 2. The third-order valence-corrected chi connectivity index (χ3v) is 6.11. The molecular weight excluding hydrogens is 256 g/mol. The molecule has 2 saturated heterocycles. The summed E-state index contributed by atoms with van der Waals surface area (Å²) in [5.41, 5.74) is 5.52. The van der Waals surface area contributed by atoms with Gasteiger partial charge >= 0.3 is 6.03 Å². The van der Waals surface area contributed by atoms with Gasteiger partial charge in [-0.3, -0.25) is 0 Å². The van der Waals surface area contributed by atoms with Crippen molar-refractivity contribution >= 4 is 16.1 Å². The summed E-state index contributed by atoms with van der Waals surface area (Å²) in [5, 5.41) is 2.21. The summed E-state index contributed by atoms with van der Waals surface area (Å²) in [4.78, 5) is 13.1. The van der Waals surface area contributed by atoms with Crippen molar-refractivity contribution in [1.82, 2.24) is 14.5 Å². The topological polar surface area (TPSA) is 95.7 Å². The lowest BCUT2D eigenvalue weighted by Gasteiger charge is -2.37. The number of sulfonamides is 1. The van der Waals surface area contributed by atoms with Crippen molar-refractivity contribution in [2.45, 2.75) is 24.6 Å². The molecule has 0 aliphatic carbocycles. The minimum absolute atomic E-state index is 0.0451. The summed E-state index contributed by atoms with van der Waals surface area (Å²) in [6.45, 7) is 3.67. The zero-order chi connectivity index (χ0) is 13.3. The van der Waals surface area contributed by atoms with Gasteiger partial charge in [0.15, 0.2) is 0 Å². The lowest BCUT2D eigenvalue weighted by Crippen LogP contribution is -2.56. The Balaban J connectivity index is 2.10. The molecule has 2 atom stereocenters. The molecule has 2 amide bonds. The smallest absolute Gasteiger partial charge is 0.317 e. The summed E-state index contributed by atoms with van der Waals surface area (Å²) >= 11 is 0. The fraction of sp³-hybridized carbons (Fsp3) is 0.900. The van der Waals surface area contributed by atoms with Crippen LogP contribution in [0.1, 0.15) is 13.3 Å². The first kappa shape index (κ1) is 13.6. The largest absolute Gasteiger partial charge is 0.336 e. The van der Waals surface area contributed by atoms with E-state index >= 15 is 0 Å². The van der Waals surface area contributed by atoms with E-state index in [2.05, 4.69) is 5.32 Å². The molecule has 8 heteroatoms. The molecule has 2 fully saturated rings. The maximum Gasteiger partial charge on any atom is 0.317 e. The first-order chi connectivity index (χ1) is 8.50. The second kappa shape index (κ2) is 5.02. The molecule has 0 spiro atoms. The van der Waals surface area contributed by atoms with Crippen LogP contribution in [0.3, 0.4) is 0 Å². The van der Waals surface area contributed by atoms with Crippen LogP contribution in [0.15, 0.2) is 0 Å². The van der Waals surface area contributed by atoms with E-state index in [-0.39, 0.29) is 18.6 Å². The van der Waals surface area contributed by atoms with Gasteiger partial charge in [0.05, 0.1) is 11.3 Å². The van der Waals surface area contributed by atoms with Crippen molar-refractivity contribution in [3.63, 3.8) is 0 Å². The van der Waals surface area contributed by atoms with Gasteiger partial charge in [-0.2, -0.15) is 4.31 Å². The molecule has 0 aromatic carbocycles. The van der Waals surface area contributed by atoms with E-state index in [4.69, 9.17) is 5.73 Å². The lowest BCUT2D eigenvalue weighted by molar-refractivity contribution is 0.164. The van der Waals surface area contributed by atoms with Gasteiger partial charge in [0.25, 0.3) is 0 Å². The predicted molar refractivity (Wildman–Crippen MR) is 67.5 cm³/mol. The number of hydrogen-bond acceptors (Lipinski definition) is 4. The summed E-state index contributed by atoms with van der Waals surface area (Å²) in [5.74, 6) is 0. The zero-order valence-electron chi connectivity index (χ0n) is 10.5. The summed E-state index contributed by atoms with van der Waals surface area (Å²) in [6.07, 6.45) is 0.515.